The lowest BCUT2D eigenvalue weighted by atomic mass is 9.94. The quantitative estimate of drug-likeness (QED) is 0.855. The van der Waals surface area contributed by atoms with E-state index in [1.807, 2.05) is 6.20 Å². The van der Waals surface area contributed by atoms with Crippen LogP contribution in [0.25, 0.3) is 10.6 Å². The Morgan fingerprint density at radius 3 is 2.71 bits per heavy atom. The first kappa shape index (κ1) is 14.3. The van der Waals surface area contributed by atoms with E-state index in [-0.39, 0.29) is 11.2 Å². The van der Waals surface area contributed by atoms with Gasteiger partial charge in [-0.1, -0.05) is 20.8 Å². The molecule has 0 amide bonds. The molecule has 0 saturated carbocycles. The zero-order chi connectivity index (χ0) is 15.2. The van der Waals surface area contributed by atoms with E-state index >= 15 is 0 Å². The van der Waals surface area contributed by atoms with Crippen molar-refractivity contribution in [2.24, 2.45) is 0 Å². The minimum absolute atomic E-state index is 0.0699. The molecule has 110 valence electrons. The normalized spacial score (nSPS) is 13.7. The summed E-state index contributed by atoms with van der Waals surface area (Å²) < 4.78 is 0. The summed E-state index contributed by atoms with van der Waals surface area (Å²) in [5, 5.41) is 0.899. The van der Waals surface area contributed by atoms with Crippen LogP contribution in [0.4, 0.5) is 0 Å². The van der Waals surface area contributed by atoms with Crippen LogP contribution in [0.3, 0.4) is 0 Å². The smallest absolute Gasteiger partial charge is 0.136 e. The summed E-state index contributed by atoms with van der Waals surface area (Å²) in [7, 11) is 0. The second-order valence-corrected chi connectivity index (χ2v) is 7.66. The van der Waals surface area contributed by atoms with Gasteiger partial charge in [0.1, 0.15) is 16.6 Å². The molecular weight excluding hydrogens is 282 g/mol. The van der Waals surface area contributed by atoms with Crippen molar-refractivity contribution < 1.29 is 4.79 Å². The number of nitrogens with zero attached hydrogens (tertiary/aromatic N) is 3. The van der Waals surface area contributed by atoms with Crippen LogP contribution in [0.1, 0.15) is 49.8 Å². The second-order valence-electron chi connectivity index (χ2n) is 6.58. The number of fused-ring (bicyclic) bond motifs is 3. The van der Waals surface area contributed by atoms with Gasteiger partial charge < -0.3 is 0 Å². The van der Waals surface area contributed by atoms with Crippen LogP contribution in [0.5, 0.6) is 0 Å². The van der Waals surface area contributed by atoms with Crippen molar-refractivity contribution in [2.45, 2.75) is 52.4 Å². The number of thiazole rings is 1. The number of aryl methyl sites for hydroxylation is 2. The maximum atomic E-state index is 11.3. The molecule has 5 heteroatoms. The molecule has 0 bridgehead atoms. The predicted molar refractivity (Wildman–Crippen MR) is 83.6 cm³/mol. The molecule has 0 spiro atoms. The number of hydrogen-bond donors (Lipinski definition) is 0. The number of ketones is 1. The fourth-order valence-electron chi connectivity index (χ4n) is 2.44. The van der Waals surface area contributed by atoms with Gasteiger partial charge in [0.15, 0.2) is 0 Å². The Bertz CT molecular complexity index is 713. The number of aromatic nitrogens is 3. The lowest BCUT2D eigenvalue weighted by Crippen LogP contribution is -2.18. The molecule has 1 aliphatic rings. The molecule has 2 heterocycles. The second kappa shape index (κ2) is 4.98. The standard InChI is InChI=1S/C16H19N3OS/c1-9(20)7-12-18-11-6-5-10-8-17-15(16(2,3)4)19-13(10)14(11)21-12/h8H,5-7H2,1-4H3. The highest BCUT2D eigenvalue weighted by molar-refractivity contribution is 7.15. The highest BCUT2D eigenvalue weighted by atomic mass is 32.1. The first-order chi connectivity index (χ1) is 9.84. The third-order valence-electron chi connectivity index (χ3n) is 3.52. The lowest BCUT2D eigenvalue weighted by Gasteiger charge is -2.20. The molecule has 2 aromatic rings. The summed E-state index contributed by atoms with van der Waals surface area (Å²) in [5.74, 6) is 1.01. The van der Waals surface area contributed by atoms with Gasteiger partial charge in [-0.2, -0.15) is 0 Å². The Kier molecular flexibility index (Phi) is 3.40. The Morgan fingerprint density at radius 2 is 2.05 bits per heavy atom. The fraction of sp³-hybridized carbons (Fsp3) is 0.500. The molecule has 0 unspecified atom stereocenters. The van der Waals surface area contributed by atoms with Gasteiger partial charge >= 0.3 is 0 Å². The minimum Gasteiger partial charge on any atom is -0.300 e. The Morgan fingerprint density at radius 1 is 1.29 bits per heavy atom. The van der Waals surface area contributed by atoms with Crippen molar-refractivity contribution in [3.63, 3.8) is 0 Å². The summed E-state index contributed by atoms with van der Waals surface area (Å²) >= 11 is 1.60. The highest BCUT2D eigenvalue weighted by Gasteiger charge is 2.26. The highest BCUT2D eigenvalue weighted by Crippen LogP contribution is 2.37. The van der Waals surface area contributed by atoms with E-state index < -0.39 is 0 Å². The van der Waals surface area contributed by atoms with Crippen molar-refractivity contribution >= 4 is 17.1 Å². The van der Waals surface area contributed by atoms with E-state index in [2.05, 4.69) is 30.7 Å². The summed E-state index contributed by atoms with van der Waals surface area (Å²) in [6.07, 6.45) is 4.21. The van der Waals surface area contributed by atoms with Gasteiger partial charge in [-0.25, -0.2) is 15.0 Å². The molecule has 0 atom stereocenters. The third-order valence-corrected chi connectivity index (χ3v) is 4.63. The van der Waals surface area contributed by atoms with E-state index in [0.717, 1.165) is 39.9 Å². The van der Waals surface area contributed by atoms with E-state index in [1.54, 1.807) is 18.3 Å². The first-order valence-corrected chi connectivity index (χ1v) is 8.01. The van der Waals surface area contributed by atoms with Crippen LogP contribution in [-0.2, 0) is 29.5 Å². The minimum atomic E-state index is -0.0699. The maximum absolute atomic E-state index is 11.3. The topological polar surface area (TPSA) is 55.7 Å². The van der Waals surface area contributed by atoms with Crippen LogP contribution in [0.15, 0.2) is 6.20 Å². The van der Waals surface area contributed by atoms with Gasteiger partial charge in [-0.05, 0) is 25.3 Å². The summed E-state index contributed by atoms with van der Waals surface area (Å²) in [5.41, 5.74) is 3.22. The summed E-state index contributed by atoms with van der Waals surface area (Å²) in [6, 6.07) is 0. The third kappa shape index (κ3) is 2.75. The van der Waals surface area contributed by atoms with Crippen LogP contribution >= 0.6 is 11.3 Å². The van der Waals surface area contributed by atoms with Crippen molar-refractivity contribution in [1.82, 2.24) is 15.0 Å². The van der Waals surface area contributed by atoms with Crippen LogP contribution < -0.4 is 0 Å². The van der Waals surface area contributed by atoms with Crippen LogP contribution in [0, 0.1) is 0 Å². The summed E-state index contributed by atoms with van der Waals surface area (Å²) in [6.45, 7) is 7.96. The van der Waals surface area contributed by atoms with E-state index in [0.29, 0.717) is 6.42 Å². The lowest BCUT2D eigenvalue weighted by molar-refractivity contribution is -0.116. The molecule has 2 aromatic heterocycles. The van der Waals surface area contributed by atoms with Gasteiger partial charge in [0.25, 0.3) is 0 Å². The Labute approximate surface area is 128 Å². The molecule has 21 heavy (non-hydrogen) atoms. The molecule has 3 rings (SSSR count). The number of carbonyl (C=O) groups is 1. The van der Waals surface area contributed by atoms with Crippen LogP contribution in [-0.4, -0.2) is 20.7 Å². The Balaban J connectivity index is 2.08. The molecule has 4 nitrogen and oxygen atoms in total. The van der Waals surface area contributed by atoms with Crippen LogP contribution in [0.2, 0.25) is 0 Å². The average molecular weight is 301 g/mol. The molecule has 0 radical (unpaired) electrons. The van der Waals surface area contributed by atoms with Crippen molar-refractivity contribution in [3.8, 4) is 10.6 Å². The molecule has 0 fully saturated rings. The maximum Gasteiger partial charge on any atom is 0.136 e. The predicted octanol–water partition coefficient (Wildman–Crippen LogP) is 3.13. The van der Waals surface area contributed by atoms with Gasteiger partial charge in [-0.3, -0.25) is 4.79 Å². The van der Waals surface area contributed by atoms with Crippen molar-refractivity contribution in [1.29, 1.82) is 0 Å². The molecular formula is C16H19N3OS. The van der Waals surface area contributed by atoms with Gasteiger partial charge in [0.05, 0.1) is 22.7 Å². The molecule has 0 N–H and O–H groups in total. The van der Waals surface area contributed by atoms with Gasteiger partial charge in [-0.15, -0.1) is 11.3 Å². The first-order valence-electron chi connectivity index (χ1n) is 7.19. The zero-order valence-corrected chi connectivity index (χ0v) is 13.7. The van der Waals surface area contributed by atoms with Gasteiger partial charge in [0.2, 0.25) is 0 Å². The zero-order valence-electron chi connectivity index (χ0n) is 12.9. The van der Waals surface area contributed by atoms with E-state index in [1.165, 1.54) is 5.56 Å². The number of hydrogen-bond acceptors (Lipinski definition) is 5. The summed E-state index contributed by atoms with van der Waals surface area (Å²) in [4.78, 5) is 26.3. The van der Waals surface area contributed by atoms with Gasteiger partial charge in [0, 0.05) is 11.6 Å². The number of Topliss-reactive ketones (excluding diaryl/α,β-unsaturated/α-hetero) is 1. The fourth-order valence-corrected chi connectivity index (χ4v) is 3.65. The SMILES string of the molecule is CC(=O)Cc1nc2c(s1)-c1nc(C(C)(C)C)ncc1CC2. The largest absolute Gasteiger partial charge is 0.300 e. The van der Waals surface area contributed by atoms with E-state index in [4.69, 9.17) is 4.98 Å². The number of carbonyl (C=O) groups excluding carboxylic acids is 1. The number of rotatable bonds is 2. The average Bonchev–Trinajstić information content (AvgIpc) is 2.78. The van der Waals surface area contributed by atoms with E-state index in [9.17, 15) is 4.79 Å². The molecule has 1 aliphatic carbocycles. The molecule has 0 aliphatic heterocycles. The monoisotopic (exact) mass is 301 g/mol. The van der Waals surface area contributed by atoms with Crippen molar-refractivity contribution in [3.05, 3.63) is 28.3 Å². The molecule has 0 saturated heterocycles. The van der Waals surface area contributed by atoms with Crippen molar-refractivity contribution in [2.75, 3.05) is 0 Å². The Hall–Kier alpha value is -1.62. The molecule has 0 aromatic carbocycles.